The lowest BCUT2D eigenvalue weighted by Gasteiger charge is -2.37. The number of aromatic amines is 1. The average molecular weight is 569 g/mol. The summed E-state index contributed by atoms with van der Waals surface area (Å²) >= 11 is 0. The van der Waals surface area contributed by atoms with Crippen LogP contribution in [0.4, 0.5) is 0 Å². The van der Waals surface area contributed by atoms with Gasteiger partial charge in [0.25, 0.3) is 11.8 Å². The molecule has 4 N–H and O–H groups in total. The fraction of sp³-hybridized carbons (Fsp3) is 0.419. The smallest absolute Gasteiger partial charge is 0.251 e. The predicted octanol–water partition coefficient (Wildman–Crippen LogP) is 1.84. The largest absolute Gasteiger partial charge is 0.355 e. The molecule has 5 rings (SSSR count). The summed E-state index contributed by atoms with van der Waals surface area (Å²) < 4.78 is 0. The summed E-state index contributed by atoms with van der Waals surface area (Å²) in [6.07, 6.45) is 4.84. The van der Waals surface area contributed by atoms with Gasteiger partial charge >= 0.3 is 0 Å². The van der Waals surface area contributed by atoms with Crippen LogP contribution >= 0.6 is 0 Å². The van der Waals surface area contributed by atoms with Gasteiger partial charge in [0.2, 0.25) is 5.91 Å². The number of hydrogen-bond donors (Lipinski definition) is 4. The molecular formula is C31H36N8O3. The van der Waals surface area contributed by atoms with Gasteiger partial charge in [0, 0.05) is 37.8 Å². The molecule has 1 fully saturated rings. The minimum Gasteiger partial charge on any atom is -0.355 e. The molecule has 1 aliphatic carbocycles. The standard InChI is InChI=1S/C31H36N8O3/c1-19(35-17-27(40)39-12-4-5-24(39)16-32)15-31(30-36-18-37-38-30)25-10-8-22(28(41)33-2)13-20(25)6-7-21-14-23(29(42)34-3)9-11-26(21)31/h8-11,13-14,18-19,24,35H,4-7,12,15,17H2,1-3H3,(H,33,41)(H,34,42)(H,36,37,38)/t19-,24-/m0/s1. The molecule has 1 aliphatic heterocycles. The lowest BCUT2D eigenvalue weighted by molar-refractivity contribution is -0.130. The number of aromatic nitrogens is 3. The number of hydrogen-bond acceptors (Lipinski definition) is 7. The molecule has 11 heteroatoms. The molecule has 1 aromatic heterocycles. The second-order valence-electron chi connectivity index (χ2n) is 11.0. The van der Waals surface area contributed by atoms with Crippen molar-refractivity contribution in [2.45, 2.75) is 56.5 Å². The van der Waals surface area contributed by atoms with Crippen molar-refractivity contribution in [2.75, 3.05) is 27.2 Å². The Bertz CT molecular complexity index is 1460. The molecule has 0 radical (unpaired) electrons. The summed E-state index contributed by atoms with van der Waals surface area (Å²) in [5.41, 5.74) is 4.29. The molecule has 42 heavy (non-hydrogen) atoms. The summed E-state index contributed by atoms with van der Waals surface area (Å²) in [5.74, 6) is 0.207. The zero-order chi connectivity index (χ0) is 29.9. The molecule has 1 saturated heterocycles. The highest BCUT2D eigenvalue weighted by molar-refractivity contribution is 5.95. The second kappa shape index (κ2) is 12.1. The molecule has 3 aromatic rings. The van der Waals surface area contributed by atoms with Crippen LogP contribution in [-0.2, 0) is 23.1 Å². The van der Waals surface area contributed by atoms with Gasteiger partial charge in [-0.05, 0) is 85.5 Å². The lowest BCUT2D eigenvalue weighted by Crippen LogP contribution is -2.45. The SMILES string of the molecule is CNC(=O)c1ccc2c(c1)CCc1cc(C(=O)NC)ccc1C2(C[C@H](C)NCC(=O)N1CCC[C@H]1C#N)c1ncn[nH]1. The van der Waals surface area contributed by atoms with Gasteiger partial charge in [-0.3, -0.25) is 19.5 Å². The summed E-state index contributed by atoms with van der Waals surface area (Å²) in [6, 6.07) is 13.2. The van der Waals surface area contributed by atoms with Crippen molar-refractivity contribution < 1.29 is 14.4 Å². The lowest BCUT2D eigenvalue weighted by atomic mass is 9.67. The Morgan fingerprint density at radius 2 is 1.69 bits per heavy atom. The van der Waals surface area contributed by atoms with Crippen molar-refractivity contribution in [3.63, 3.8) is 0 Å². The van der Waals surface area contributed by atoms with E-state index in [4.69, 9.17) is 0 Å². The van der Waals surface area contributed by atoms with Crippen LogP contribution in [0.15, 0.2) is 42.7 Å². The maximum atomic E-state index is 13.0. The van der Waals surface area contributed by atoms with E-state index in [1.54, 1.807) is 19.0 Å². The molecule has 218 valence electrons. The van der Waals surface area contributed by atoms with Crippen molar-refractivity contribution in [2.24, 2.45) is 0 Å². The summed E-state index contributed by atoms with van der Waals surface area (Å²) in [4.78, 5) is 44.5. The highest BCUT2D eigenvalue weighted by Crippen LogP contribution is 2.47. The van der Waals surface area contributed by atoms with Crippen LogP contribution < -0.4 is 16.0 Å². The highest BCUT2D eigenvalue weighted by Gasteiger charge is 2.45. The van der Waals surface area contributed by atoms with Gasteiger partial charge in [-0.15, -0.1) is 0 Å². The van der Waals surface area contributed by atoms with Gasteiger partial charge in [0.1, 0.15) is 18.2 Å². The van der Waals surface area contributed by atoms with E-state index in [2.05, 4.69) is 37.2 Å². The van der Waals surface area contributed by atoms with E-state index in [-0.39, 0.29) is 36.3 Å². The van der Waals surface area contributed by atoms with Gasteiger partial charge in [-0.2, -0.15) is 10.4 Å². The van der Waals surface area contributed by atoms with Crippen LogP contribution in [-0.4, -0.2) is 77.1 Å². The third kappa shape index (κ3) is 5.25. The number of amides is 3. The highest BCUT2D eigenvalue weighted by atomic mass is 16.2. The van der Waals surface area contributed by atoms with E-state index in [0.29, 0.717) is 49.2 Å². The third-order valence-electron chi connectivity index (χ3n) is 8.53. The van der Waals surface area contributed by atoms with Crippen molar-refractivity contribution in [3.8, 4) is 6.07 Å². The maximum absolute atomic E-state index is 13.0. The first-order chi connectivity index (χ1) is 20.3. The molecule has 0 saturated carbocycles. The first-order valence-electron chi connectivity index (χ1n) is 14.3. The van der Waals surface area contributed by atoms with Crippen molar-refractivity contribution in [1.29, 1.82) is 5.26 Å². The molecule has 2 aromatic carbocycles. The monoisotopic (exact) mass is 568 g/mol. The van der Waals surface area contributed by atoms with E-state index in [1.807, 2.05) is 43.3 Å². The second-order valence-corrected chi connectivity index (χ2v) is 11.0. The molecule has 2 atom stereocenters. The van der Waals surface area contributed by atoms with Gasteiger partial charge in [-0.25, -0.2) is 4.98 Å². The van der Waals surface area contributed by atoms with Crippen LogP contribution in [0.2, 0.25) is 0 Å². The molecule has 0 spiro atoms. The van der Waals surface area contributed by atoms with Gasteiger partial charge in [0.15, 0.2) is 0 Å². The predicted molar refractivity (Wildman–Crippen MR) is 156 cm³/mol. The van der Waals surface area contributed by atoms with Gasteiger partial charge < -0.3 is 20.9 Å². The van der Waals surface area contributed by atoms with E-state index in [1.165, 1.54) is 6.33 Å². The Morgan fingerprint density at radius 1 is 1.07 bits per heavy atom. The number of carbonyl (C=O) groups is 3. The number of nitriles is 1. The van der Waals surface area contributed by atoms with E-state index >= 15 is 0 Å². The number of carbonyl (C=O) groups excluding carboxylic acids is 3. The number of rotatable bonds is 8. The molecule has 0 bridgehead atoms. The fourth-order valence-corrected chi connectivity index (χ4v) is 6.50. The minimum atomic E-state index is -0.821. The number of nitrogens with one attached hydrogen (secondary N) is 4. The van der Waals surface area contributed by atoms with Crippen LogP contribution in [0.25, 0.3) is 0 Å². The number of H-pyrrole nitrogens is 1. The number of likely N-dealkylation sites (tertiary alicyclic amines) is 1. The maximum Gasteiger partial charge on any atom is 0.251 e. The van der Waals surface area contributed by atoms with Crippen LogP contribution in [0, 0.1) is 11.3 Å². The molecule has 2 aliphatic rings. The summed E-state index contributed by atoms with van der Waals surface area (Å²) in [7, 11) is 3.22. The quantitative estimate of drug-likeness (QED) is 0.323. The molecule has 0 unspecified atom stereocenters. The Morgan fingerprint density at radius 3 is 2.21 bits per heavy atom. The Balaban J connectivity index is 1.59. The fourth-order valence-electron chi connectivity index (χ4n) is 6.50. The van der Waals surface area contributed by atoms with Crippen molar-refractivity contribution >= 4 is 17.7 Å². The van der Waals surface area contributed by atoms with Crippen molar-refractivity contribution in [3.05, 3.63) is 81.9 Å². The Hall–Kier alpha value is -4.56. The molecule has 2 heterocycles. The zero-order valence-electron chi connectivity index (χ0n) is 24.2. The zero-order valence-corrected chi connectivity index (χ0v) is 24.2. The number of benzene rings is 2. The minimum absolute atomic E-state index is 0.0910. The number of aryl methyl sites for hydroxylation is 2. The summed E-state index contributed by atoms with van der Waals surface area (Å²) in [6.45, 7) is 2.73. The first-order valence-corrected chi connectivity index (χ1v) is 14.3. The van der Waals surface area contributed by atoms with Crippen LogP contribution in [0.1, 0.15) is 75.0 Å². The topological polar surface area (TPSA) is 156 Å². The van der Waals surface area contributed by atoms with Crippen molar-refractivity contribution in [1.82, 2.24) is 36.0 Å². The van der Waals surface area contributed by atoms with Gasteiger partial charge in [0.05, 0.1) is 18.0 Å². The van der Waals surface area contributed by atoms with Crippen LogP contribution in [0.3, 0.4) is 0 Å². The third-order valence-corrected chi connectivity index (χ3v) is 8.53. The van der Waals surface area contributed by atoms with Crippen LogP contribution in [0.5, 0.6) is 0 Å². The number of nitrogens with zero attached hydrogens (tertiary/aromatic N) is 4. The van der Waals surface area contributed by atoms with Gasteiger partial charge in [-0.1, -0.05) is 12.1 Å². The molecule has 3 amide bonds. The Labute approximate surface area is 245 Å². The van der Waals surface area contributed by atoms with E-state index in [9.17, 15) is 19.6 Å². The van der Waals surface area contributed by atoms with E-state index in [0.717, 1.165) is 28.7 Å². The normalized spacial score (nSPS) is 17.8. The average Bonchev–Trinajstić information content (AvgIpc) is 3.71. The molecule has 11 nitrogen and oxygen atoms in total. The van der Waals surface area contributed by atoms with E-state index < -0.39 is 5.41 Å². The molecular weight excluding hydrogens is 532 g/mol. The Kier molecular flexibility index (Phi) is 8.36. The summed E-state index contributed by atoms with van der Waals surface area (Å²) in [5, 5.41) is 25.6. The first kappa shape index (κ1) is 29.0. The number of fused-ring (bicyclic) bond motifs is 2.